The van der Waals surface area contributed by atoms with Crippen molar-refractivity contribution in [3.8, 4) is 0 Å². The molecule has 0 bridgehead atoms. The molecule has 0 radical (unpaired) electrons. The van der Waals surface area contributed by atoms with Crippen LogP contribution in [-0.2, 0) is 6.54 Å². The second-order valence-electron chi connectivity index (χ2n) is 5.68. The fourth-order valence-corrected chi connectivity index (χ4v) is 3.22. The molecular formula is C18H21IN2. The molecule has 3 rings (SSSR count). The standard InChI is InChI=1S/C18H21IN2/c1-14-4-7-16(12-18(14)19)20-13-15-5-8-17(9-6-15)21-10-2-3-11-21/h4-9,12,20H,2-3,10-11,13H2,1H3. The Hall–Kier alpha value is -1.23. The maximum absolute atomic E-state index is 3.50. The van der Waals surface area contributed by atoms with Crippen molar-refractivity contribution in [2.75, 3.05) is 23.3 Å². The summed E-state index contributed by atoms with van der Waals surface area (Å²) in [5.41, 5.74) is 5.21. The van der Waals surface area contributed by atoms with Crippen LogP contribution in [0.4, 0.5) is 11.4 Å². The summed E-state index contributed by atoms with van der Waals surface area (Å²) >= 11 is 2.38. The zero-order chi connectivity index (χ0) is 14.7. The van der Waals surface area contributed by atoms with Crippen LogP contribution in [0.5, 0.6) is 0 Å². The Morgan fingerprint density at radius 1 is 1.05 bits per heavy atom. The van der Waals surface area contributed by atoms with Gasteiger partial charge >= 0.3 is 0 Å². The molecule has 1 N–H and O–H groups in total. The Morgan fingerprint density at radius 2 is 1.76 bits per heavy atom. The number of nitrogens with zero attached hydrogens (tertiary/aromatic N) is 1. The minimum Gasteiger partial charge on any atom is -0.381 e. The monoisotopic (exact) mass is 392 g/mol. The largest absolute Gasteiger partial charge is 0.381 e. The fraction of sp³-hybridized carbons (Fsp3) is 0.333. The average Bonchev–Trinajstić information content (AvgIpc) is 3.03. The number of rotatable bonds is 4. The highest BCUT2D eigenvalue weighted by Crippen LogP contribution is 2.21. The van der Waals surface area contributed by atoms with Gasteiger partial charge in [0, 0.05) is 34.6 Å². The molecular weight excluding hydrogens is 371 g/mol. The molecule has 0 atom stereocenters. The Balaban J connectivity index is 1.61. The third-order valence-electron chi connectivity index (χ3n) is 4.08. The van der Waals surface area contributed by atoms with Gasteiger partial charge in [0.1, 0.15) is 0 Å². The molecule has 3 heteroatoms. The predicted molar refractivity (Wildman–Crippen MR) is 99.1 cm³/mol. The van der Waals surface area contributed by atoms with E-state index in [0.717, 1.165) is 6.54 Å². The van der Waals surface area contributed by atoms with Gasteiger partial charge in [-0.15, -0.1) is 0 Å². The van der Waals surface area contributed by atoms with Crippen molar-refractivity contribution < 1.29 is 0 Å². The lowest BCUT2D eigenvalue weighted by atomic mass is 10.2. The molecule has 0 saturated carbocycles. The molecule has 1 aliphatic heterocycles. The lowest BCUT2D eigenvalue weighted by Gasteiger charge is -2.18. The molecule has 0 amide bonds. The van der Waals surface area contributed by atoms with Crippen molar-refractivity contribution in [1.29, 1.82) is 0 Å². The van der Waals surface area contributed by atoms with E-state index < -0.39 is 0 Å². The van der Waals surface area contributed by atoms with Crippen molar-refractivity contribution in [1.82, 2.24) is 0 Å². The summed E-state index contributed by atoms with van der Waals surface area (Å²) in [4.78, 5) is 2.47. The summed E-state index contributed by atoms with van der Waals surface area (Å²) in [6.45, 7) is 5.43. The summed E-state index contributed by atoms with van der Waals surface area (Å²) in [5, 5.41) is 3.50. The Morgan fingerprint density at radius 3 is 2.43 bits per heavy atom. The number of nitrogens with one attached hydrogen (secondary N) is 1. The molecule has 1 saturated heterocycles. The highest BCUT2D eigenvalue weighted by atomic mass is 127. The van der Waals surface area contributed by atoms with Crippen LogP contribution in [0.1, 0.15) is 24.0 Å². The predicted octanol–water partition coefficient (Wildman–Crippen LogP) is 4.81. The van der Waals surface area contributed by atoms with Crippen LogP contribution in [-0.4, -0.2) is 13.1 Å². The molecule has 2 aromatic rings. The molecule has 110 valence electrons. The van der Waals surface area contributed by atoms with E-state index in [2.05, 4.69) is 82.2 Å². The van der Waals surface area contributed by atoms with Crippen LogP contribution in [0.2, 0.25) is 0 Å². The Kier molecular flexibility index (Phi) is 4.68. The van der Waals surface area contributed by atoms with Crippen molar-refractivity contribution in [2.45, 2.75) is 26.3 Å². The first-order chi connectivity index (χ1) is 10.2. The first-order valence-corrected chi connectivity index (χ1v) is 8.64. The van der Waals surface area contributed by atoms with E-state index in [1.54, 1.807) is 0 Å². The summed E-state index contributed by atoms with van der Waals surface area (Å²) in [7, 11) is 0. The second-order valence-corrected chi connectivity index (χ2v) is 6.84. The first kappa shape index (κ1) is 14.7. The van der Waals surface area contributed by atoms with Gasteiger partial charge in [-0.1, -0.05) is 18.2 Å². The van der Waals surface area contributed by atoms with Crippen LogP contribution >= 0.6 is 22.6 Å². The van der Waals surface area contributed by atoms with Gasteiger partial charge in [0.05, 0.1) is 0 Å². The minimum absolute atomic E-state index is 0.874. The van der Waals surface area contributed by atoms with Crippen LogP contribution in [0.15, 0.2) is 42.5 Å². The third-order valence-corrected chi connectivity index (χ3v) is 5.24. The molecule has 0 aromatic heterocycles. The molecule has 21 heavy (non-hydrogen) atoms. The van der Waals surface area contributed by atoms with Gasteiger partial charge in [-0.05, 0) is 77.7 Å². The van der Waals surface area contributed by atoms with Crippen LogP contribution in [0.25, 0.3) is 0 Å². The lowest BCUT2D eigenvalue weighted by Crippen LogP contribution is -2.17. The number of hydrogen-bond donors (Lipinski definition) is 1. The summed E-state index contributed by atoms with van der Waals surface area (Å²) in [6.07, 6.45) is 2.66. The van der Waals surface area contributed by atoms with Crippen LogP contribution in [0, 0.1) is 10.5 Å². The second kappa shape index (κ2) is 6.69. The first-order valence-electron chi connectivity index (χ1n) is 7.56. The maximum atomic E-state index is 3.50. The summed E-state index contributed by atoms with van der Waals surface area (Å²) in [5.74, 6) is 0. The summed E-state index contributed by atoms with van der Waals surface area (Å²) < 4.78 is 1.31. The van der Waals surface area contributed by atoms with Gasteiger partial charge in [-0.3, -0.25) is 0 Å². The number of anilines is 2. The van der Waals surface area contributed by atoms with Gasteiger partial charge in [-0.25, -0.2) is 0 Å². The topological polar surface area (TPSA) is 15.3 Å². The highest BCUT2D eigenvalue weighted by Gasteiger charge is 2.11. The average molecular weight is 392 g/mol. The quantitative estimate of drug-likeness (QED) is 0.752. The van der Waals surface area contributed by atoms with Gasteiger partial charge in [0.25, 0.3) is 0 Å². The Bertz CT molecular complexity index is 601. The van der Waals surface area contributed by atoms with Gasteiger partial charge < -0.3 is 10.2 Å². The molecule has 0 aliphatic carbocycles. The van der Waals surface area contributed by atoms with Gasteiger partial charge in [0.2, 0.25) is 0 Å². The normalized spacial score (nSPS) is 14.5. The highest BCUT2D eigenvalue weighted by molar-refractivity contribution is 14.1. The van der Waals surface area contributed by atoms with E-state index in [4.69, 9.17) is 0 Å². The lowest BCUT2D eigenvalue weighted by molar-refractivity contribution is 0.949. The third kappa shape index (κ3) is 3.70. The molecule has 2 nitrogen and oxygen atoms in total. The zero-order valence-corrected chi connectivity index (χ0v) is 14.6. The molecule has 0 spiro atoms. The molecule has 1 aliphatic rings. The molecule has 0 unspecified atom stereocenters. The zero-order valence-electron chi connectivity index (χ0n) is 12.4. The number of benzene rings is 2. The number of halogens is 1. The smallest absolute Gasteiger partial charge is 0.0400 e. The van der Waals surface area contributed by atoms with Crippen molar-refractivity contribution in [3.63, 3.8) is 0 Å². The van der Waals surface area contributed by atoms with E-state index in [-0.39, 0.29) is 0 Å². The van der Waals surface area contributed by atoms with Crippen molar-refractivity contribution in [2.24, 2.45) is 0 Å². The SMILES string of the molecule is Cc1ccc(NCc2ccc(N3CCCC3)cc2)cc1I. The van der Waals surface area contributed by atoms with Crippen molar-refractivity contribution in [3.05, 3.63) is 57.2 Å². The van der Waals surface area contributed by atoms with E-state index in [0.29, 0.717) is 0 Å². The maximum Gasteiger partial charge on any atom is 0.0400 e. The van der Waals surface area contributed by atoms with Crippen LogP contribution < -0.4 is 10.2 Å². The Labute approximate surface area is 140 Å². The molecule has 1 fully saturated rings. The van der Waals surface area contributed by atoms with E-state index in [1.807, 2.05) is 0 Å². The van der Waals surface area contributed by atoms with E-state index >= 15 is 0 Å². The fourth-order valence-electron chi connectivity index (χ4n) is 2.71. The minimum atomic E-state index is 0.874. The molecule has 2 aromatic carbocycles. The van der Waals surface area contributed by atoms with Gasteiger partial charge in [0.15, 0.2) is 0 Å². The van der Waals surface area contributed by atoms with Gasteiger partial charge in [-0.2, -0.15) is 0 Å². The van der Waals surface area contributed by atoms with E-state index in [1.165, 1.54) is 52.0 Å². The summed E-state index contributed by atoms with van der Waals surface area (Å²) in [6, 6.07) is 15.5. The molecule has 1 heterocycles. The van der Waals surface area contributed by atoms with Crippen LogP contribution in [0.3, 0.4) is 0 Å². The van der Waals surface area contributed by atoms with Crippen molar-refractivity contribution >= 4 is 34.0 Å². The van der Waals surface area contributed by atoms with E-state index in [9.17, 15) is 0 Å². The number of hydrogen-bond acceptors (Lipinski definition) is 2. The number of aryl methyl sites for hydroxylation is 1.